The molecule has 0 saturated heterocycles. The molecule has 1 aliphatic heterocycles. The van der Waals surface area contributed by atoms with Crippen LogP contribution in [0.3, 0.4) is 0 Å². The predicted octanol–water partition coefficient (Wildman–Crippen LogP) is 2.23. The van der Waals surface area contributed by atoms with Gasteiger partial charge in [-0.3, -0.25) is 9.89 Å². The van der Waals surface area contributed by atoms with E-state index in [-0.39, 0.29) is 11.8 Å². The lowest BCUT2D eigenvalue weighted by Crippen LogP contribution is -2.32. The monoisotopic (exact) mass is 414 g/mol. The fourth-order valence-corrected chi connectivity index (χ4v) is 4.10. The predicted molar refractivity (Wildman–Crippen MR) is 114 cm³/mol. The van der Waals surface area contributed by atoms with Crippen molar-refractivity contribution in [3.05, 3.63) is 71.4 Å². The Labute approximate surface area is 178 Å². The van der Waals surface area contributed by atoms with Crippen LogP contribution < -0.4 is 5.73 Å². The zero-order chi connectivity index (χ0) is 21.2. The minimum Gasteiger partial charge on any atom is -0.332 e. The maximum atomic E-state index is 13.3. The van der Waals surface area contributed by atoms with Gasteiger partial charge in [-0.05, 0) is 23.7 Å². The van der Waals surface area contributed by atoms with Crippen LogP contribution in [0.25, 0.3) is 22.6 Å². The van der Waals surface area contributed by atoms with Crippen LogP contribution in [0.5, 0.6) is 0 Å². The van der Waals surface area contributed by atoms with Gasteiger partial charge in [0.2, 0.25) is 11.7 Å². The Morgan fingerprint density at radius 3 is 2.52 bits per heavy atom. The maximum absolute atomic E-state index is 13.3. The number of fused-ring (bicyclic) bond motifs is 1. The Hall–Kier alpha value is -3.85. The summed E-state index contributed by atoms with van der Waals surface area (Å²) >= 11 is 0. The summed E-state index contributed by atoms with van der Waals surface area (Å²) < 4.78 is 0. The first kappa shape index (κ1) is 19.1. The molecule has 31 heavy (non-hydrogen) atoms. The molecule has 5 rings (SSSR count). The third-order valence-electron chi connectivity index (χ3n) is 5.68. The first-order valence-electron chi connectivity index (χ1n) is 10.2. The topological polar surface area (TPSA) is 129 Å². The first-order chi connectivity index (χ1) is 15.2. The standard InChI is InChI=1S/C22H22N8O/c23-11-10-17(14-4-2-1-3-5-14)22(31)30-12-18-19(13-30)24-25-20(18)15-6-8-16(9-7-15)21-26-28-29-27-21/h1-9,17H,10-13,23H2,(H,24,25)(H,26,27,28,29). The van der Waals surface area contributed by atoms with Crippen molar-refractivity contribution >= 4 is 5.91 Å². The number of carbonyl (C=O) groups excluding carboxylic acids is 1. The van der Waals surface area contributed by atoms with Crippen molar-refractivity contribution in [2.45, 2.75) is 25.4 Å². The zero-order valence-corrected chi connectivity index (χ0v) is 16.8. The number of carbonyl (C=O) groups is 1. The molecule has 0 fully saturated rings. The molecule has 0 radical (unpaired) electrons. The summed E-state index contributed by atoms with van der Waals surface area (Å²) in [6.45, 7) is 1.51. The van der Waals surface area contributed by atoms with Crippen LogP contribution in [-0.2, 0) is 17.9 Å². The van der Waals surface area contributed by atoms with Crippen molar-refractivity contribution in [2.24, 2.45) is 5.73 Å². The van der Waals surface area contributed by atoms with Crippen molar-refractivity contribution in [2.75, 3.05) is 6.54 Å². The molecule has 0 bridgehead atoms. The smallest absolute Gasteiger partial charge is 0.230 e. The van der Waals surface area contributed by atoms with Crippen LogP contribution in [0.2, 0.25) is 0 Å². The van der Waals surface area contributed by atoms with Crippen LogP contribution >= 0.6 is 0 Å². The molecule has 1 atom stereocenters. The van der Waals surface area contributed by atoms with E-state index < -0.39 is 0 Å². The van der Waals surface area contributed by atoms with Gasteiger partial charge in [0.05, 0.1) is 30.4 Å². The molecule has 2 aromatic heterocycles. The molecule has 1 amide bonds. The van der Waals surface area contributed by atoms with Gasteiger partial charge in [-0.2, -0.15) is 10.3 Å². The molecule has 9 heteroatoms. The fourth-order valence-electron chi connectivity index (χ4n) is 4.10. The molecule has 0 saturated carbocycles. The number of amides is 1. The second-order valence-electron chi connectivity index (χ2n) is 7.58. The number of nitrogens with two attached hydrogens (primary N) is 1. The van der Waals surface area contributed by atoms with Gasteiger partial charge in [-0.25, -0.2) is 0 Å². The van der Waals surface area contributed by atoms with Crippen molar-refractivity contribution in [1.82, 2.24) is 35.7 Å². The average molecular weight is 414 g/mol. The van der Waals surface area contributed by atoms with Crippen molar-refractivity contribution in [1.29, 1.82) is 0 Å². The van der Waals surface area contributed by atoms with Gasteiger partial charge in [-0.15, -0.1) is 10.2 Å². The van der Waals surface area contributed by atoms with Crippen LogP contribution in [-0.4, -0.2) is 48.2 Å². The fraction of sp³-hybridized carbons (Fsp3) is 0.227. The van der Waals surface area contributed by atoms with Gasteiger partial charge in [0, 0.05) is 16.7 Å². The van der Waals surface area contributed by atoms with E-state index in [0.29, 0.717) is 31.9 Å². The van der Waals surface area contributed by atoms with E-state index in [1.807, 2.05) is 59.5 Å². The minimum atomic E-state index is -0.235. The first-order valence-corrected chi connectivity index (χ1v) is 10.2. The van der Waals surface area contributed by atoms with Crippen molar-refractivity contribution in [3.8, 4) is 22.6 Å². The largest absolute Gasteiger partial charge is 0.332 e. The molecular weight excluding hydrogens is 392 g/mol. The molecule has 2 aromatic carbocycles. The molecule has 1 aliphatic rings. The highest BCUT2D eigenvalue weighted by atomic mass is 16.2. The maximum Gasteiger partial charge on any atom is 0.230 e. The number of hydrogen-bond acceptors (Lipinski definition) is 6. The SMILES string of the molecule is NCCC(C(=O)N1Cc2[nH]nc(-c3ccc(-c4nn[nH]n4)cc3)c2C1)c1ccccc1. The van der Waals surface area contributed by atoms with Crippen LogP contribution in [0.1, 0.15) is 29.2 Å². The Kier molecular flexibility index (Phi) is 5.01. The Balaban J connectivity index is 1.37. The zero-order valence-electron chi connectivity index (χ0n) is 16.8. The number of rotatable bonds is 6. The molecule has 1 unspecified atom stereocenters. The lowest BCUT2D eigenvalue weighted by molar-refractivity contribution is -0.133. The lowest BCUT2D eigenvalue weighted by atomic mass is 9.94. The summed E-state index contributed by atoms with van der Waals surface area (Å²) in [5, 5.41) is 21.7. The minimum absolute atomic E-state index is 0.0969. The summed E-state index contributed by atoms with van der Waals surface area (Å²) in [7, 11) is 0. The summed E-state index contributed by atoms with van der Waals surface area (Å²) in [5.74, 6) is 0.406. The molecule has 9 nitrogen and oxygen atoms in total. The lowest BCUT2D eigenvalue weighted by Gasteiger charge is -2.23. The Bertz CT molecular complexity index is 1170. The van der Waals surface area contributed by atoms with Crippen molar-refractivity contribution < 1.29 is 4.79 Å². The van der Waals surface area contributed by atoms with Gasteiger partial charge < -0.3 is 10.6 Å². The Morgan fingerprint density at radius 1 is 1.03 bits per heavy atom. The third-order valence-corrected chi connectivity index (χ3v) is 5.68. The van der Waals surface area contributed by atoms with E-state index in [1.165, 1.54) is 0 Å². The van der Waals surface area contributed by atoms with Crippen LogP contribution in [0.4, 0.5) is 0 Å². The Morgan fingerprint density at radius 2 is 1.81 bits per heavy atom. The van der Waals surface area contributed by atoms with E-state index >= 15 is 0 Å². The van der Waals surface area contributed by atoms with E-state index in [2.05, 4.69) is 30.8 Å². The summed E-state index contributed by atoms with van der Waals surface area (Å²) in [5.41, 5.74) is 11.6. The highest BCUT2D eigenvalue weighted by molar-refractivity contribution is 5.84. The van der Waals surface area contributed by atoms with Gasteiger partial charge in [0.1, 0.15) is 0 Å². The number of aromatic amines is 2. The quantitative estimate of drug-likeness (QED) is 0.444. The molecule has 4 N–H and O–H groups in total. The van der Waals surface area contributed by atoms with Gasteiger partial charge >= 0.3 is 0 Å². The molecule has 0 spiro atoms. The van der Waals surface area contributed by atoms with E-state index in [1.54, 1.807) is 0 Å². The van der Waals surface area contributed by atoms with Crippen LogP contribution in [0, 0.1) is 0 Å². The normalized spacial score (nSPS) is 13.9. The third kappa shape index (κ3) is 3.59. The highest BCUT2D eigenvalue weighted by Gasteiger charge is 2.32. The van der Waals surface area contributed by atoms with Gasteiger partial charge in [0.25, 0.3) is 0 Å². The van der Waals surface area contributed by atoms with Crippen molar-refractivity contribution in [3.63, 3.8) is 0 Å². The highest BCUT2D eigenvalue weighted by Crippen LogP contribution is 2.33. The molecular formula is C22H22N8O. The van der Waals surface area contributed by atoms with Gasteiger partial charge in [0.15, 0.2) is 0 Å². The number of hydrogen-bond donors (Lipinski definition) is 3. The molecule has 0 aliphatic carbocycles. The summed E-state index contributed by atoms with van der Waals surface area (Å²) in [6, 6.07) is 17.7. The van der Waals surface area contributed by atoms with E-state index in [4.69, 9.17) is 5.73 Å². The summed E-state index contributed by atoms with van der Waals surface area (Å²) in [4.78, 5) is 15.2. The number of nitrogens with zero attached hydrogens (tertiary/aromatic N) is 5. The number of benzene rings is 2. The number of H-pyrrole nitrogens is 2. The van der Waals surface area contributed by atoms with Crippen LogP contribution in [0.15, 0.2) is 54.6 Å². The number of nitrogens with one attached hydrogen (secondary N) is 2. The molecule has 3 heterocycles. The number of tetrazole rings is 1. The molecule has 156 valence electrons. The second kappa shape index (κ2) is 8.11. The number of aromatic nitrogens is 6. The molecule has 4 aromatic rings. The summed E-state index contributed by atoms with van der Waals surface area (Å²) in [6.07, 6.45) is 0.621. The average Bonchev–Trinajstić information content (AvgIpc) is 3.55. The van der Waals surface area contributed by atoms with E-state index in [0.717, 1.165) is 33.6 Å². The van der Waals surface area contributed by atoms with Gasteiger partial charge in [-0.1, -0.05) is 54.6 Å². The second-order valence-corrected chi connectivity index (χ2v) is 7.58. The van der Waals surface area contributed by atoms with E-state index in [9.17, 15) is 4.79 Å².